The summed E-state index contributed by atoms with van der Waals surface area (Å²) >= 11 is 0. The van der Waals surface area contributed by atoms with Crippen molar-refractivity contribution in [3.05, 3.63) is 11.8 Å². The van der Waals surface area contributed by atoms with E-state index in [1.807, 2.05) is 6.92 Å². The minimum absolute atomic E-state index is 0.143. The molecule has 162 valence electrons. The third-order valence-corrected chi connectivity index (χ3v) is 9.64. The summed E-state index contributed by atoms with van der Waals surface area (Å²) in [7, 11) is -1.82. The van der Waals surface area contributed by atoms with E-state index in [4.69, 9.17) is 24.5 Å². The molecule has 0 radical (unpaired) electrons. The maximum Gasteiger partial charge on any atom is 0.490 e. The highest BCUT2D eigenvalue weighted by Crippen LogP contribution is 2.39. The lowest BCUT2D eigenvalue weighted by atomic mass is 9.79. The SMILES string of the molecule is CC(O[Si](C)(C)C(C)(C)C)c1nnc(C[C@H]2C[C@H](N)C2)o1.O=C(O)C(F)(F)F. The molecule has 2 rings (SSSR count). The van der Waals surface area contributed by atoms with Gasteiger partial charge in [0.05, 0.1) is 0 Å². The summed E-state index contributed by atoms with van der Waals surface area (Å²) in [5.41, 5.74) is 5.80. The highest BCUT2D eigenvalue weighted by atomic mass is 28.4. The number of nitrogens with zero attached hydrogens (tertiary/aromatic N) is 2. The van der Waals surface area contributed by atoms with Gasteiger partial charge in [-0.05, 0) is 43.8 Å². The number of nitrogens with two attached hydrogens (primary N) is 1. The zero-order valence-electron chi connectivity index (χ0n) is 17.1. The fraction of sp³-hybridized carbons (Fsp3) is 0.824. The van der Waals surface area contributed by atoms with Crippen molar-refractivity contribution < 1.29 is 31.9 Å². The average Bonchev–Trinajstić information content (AvgIpc) is 2.92. The molecule has 1 aliphatic rings. The Labute approximate surface area is 164 Å². The first kappa shape index (κ1) is 24.6. The summed E-state index contributed by atoms with van der Waals surface area (Å²) < 4.78 is 43.8. The highest BCUT2D eigenvalue weighted by molar-refractivity contribution is 6.74. The van der Waals surface area contributed by atoms with Gasteiger partial charge in [0.2, 0.25) is 11.8 Å². The fourth-order valence-corrected chi connectivity index (χ4v) is 3.72. The van der Waals surface area contributed by atoms with Crippen LogP contribution in [-0.4, -0.2) is 41.8 Å². The molecule has 11 heteroatoms. The van der Waals surface area contributed by atoms with Crippen molar-refractivity contribution in [3.8, 4) is 0 Å². The number of aromatic nitrogens is 2. The van der Waals surface area contributed by atoms with Gasteiger partial charge in [-0.25, -0.2) is 4.79 Å². The number of hydrogen-bond acceptors (Lipinski definition) is 6. The molecule has 1 unspecified atom stereocenters. The average molecular weight is 426 g/mol. The van der Waals surface area contributed by atoms with E-state index in [0.29, 0.717) is 23.7 Å². The topological polar surface area (TPSA) is 111 Å². The number of halogens is 3. The van der Waals surface area contributed by atoms with Crippen LogP contribution in [0.5, 0.6) is 0 Å². The van der Waals surface area contributed by atoms with E-state index >= 15 is 0 Å². The number of carbonyl (C=O) groups is 1. The summed E-state index contributed by atoms with van der Waals surface area (Å²) in [6.07, 6.45) is -2.26. The highest BCUT2D eigenvalue weighted by Gasteiger charge is 2.40. The molecule has 1 aromatic heterocycles. The van der Waals surface area contributed by atoms with Gasteiger partial charge in [0.15, 0.2) is 8.32 Å². The lowest BCUT2D eigenvalue weighted by Gasteiger charge is -2.37. The smallest absolute Gasteiger partial charge is 0.475 e. The summed E-state index contributed by atoms with van der Waals surface area (Å²) in [5, 5.41) is 15.6. The van der Waals surface area contributed by atoms with E-state index in [1.54, 1.807) is 0 Å². The summed E-state index contributed by atoms with van der Waals surface area (Å²) in [4.78, 5) is 8.90. The second kappa shape index (κ2) is 8.91. The van der Waals surface area contributed by atoms with Gasteiger partial charge in [-0.15, -0.1) is 10.2 Å². The lowest BCUT2D eigenvalue weighted by Crippen LogP contribution is -2.41. The Hall–Kier alpha value is -1.46. The minimum atomic E-state index is -5.08. The van der Waals surface area contributed by atoms with Crippen LogP contribution in [0, 0.1) is 5.92 Å². The van der Waals surface area contributed by atoms with Crippen molar-refractivity contribution >= 4 is 14.3 Å². The Morgan fingerprint density at radius 3 is 2.21 bits per heavy atom. The van der Waals surface area contributed by atoms with Crippen molar-refractivity contribution in [3.63, 3.8) is 0 Å². The number of aliphatic carboxylic acids is 1. The van der Waals surface area contributed by atoms with E-state index in [2.05, 4.69) is 44.1 Å². The molecule has 1 atom stereocenters. The van der Waals surface area contributed by atoms with Gasteiger partial charge in [-0.2, -0.15) is 13.2 Å². The molecule has 0 aliphatic heterocycles. The zero-order chi connectivity index (χ0) is 21.9. The van der Waals surface area contributed by atoms with Crippen molar-refractivity contribution in [2.75, 3.05) is 0 Å². The summed E-state index contributed by atoms with van der Waals surface area (Å²) in [5.74, 6) is -0.844. The molecule has 28 heavy (non-hydrogen) atoms. The standard InChI is InChI=1S/C15H29N3O2Si.C2HF3O2/c1-10(20-21(5,6)15(2,3)4)14-18-17-13(19-14)9-11-7-12(16)8-11;3-2(4,5)1(6)7/h10-12H,7-9,16H2,1-6H3;(H,6,7)/t10?,11-,12-;. The van der Waals surface area contributed by atoms with Gasteiger partial charge < -0.3 is 19.7 Å². The Morgan fingerprint density at radius 1 is 1.32 bits per heavy atom. The van der Waals surface area contributed by atoms with Gasteiger partial charge in [-0.1, -0.05) is 20.8 Å². The van der Waals surface area contributed by atoms with Gasteiger partial charge in [0.25, 0.3) is 0 Å². The molecule has 0 saturated heterocycles. The van der Waals surface area contributed by atoms with Crippen molar-refractivity contribution in [1.82, 2.24) is 10.2 Å². The molecule has 0 bridgehead atoms. The molecule has 1 aliphatic carbocycles. The molecule has 3 N–H and O–H groups in total. The van der Waals surface area contributed by atoms with Crippen LogP contribution in [0.1, 0.15) is 58.4 Å². The predicted octanol–water partition coefficient (Wildman–Crippen LogP) is 4.07. The van der Waals surface area contributed by atoms with E-state index in [-0.39, 0.29) is 11.1 Å². The first-order chi connectivity index (χ1) is 12.5. The number of carboxylic acids is 1. The lowest BCUT2D eigenvalue weighted by molar-refractivity contribution is -0.192. The van der Waals surface area contributed by atoms with Crippen molar-refractivity contribution in [2.45, 2.75) is 83.4 Å². The normalized spacial score (nSPS) is 21.4. The van der Waals surface area contributed by atoms with Crippen LogP contribution in [0.3, 0.4) is 0 Å². The maximum atomic E-state index is 10.6. The minimum Gasteiger partial charge on any atom is -0.475 e. The van der Waals surface area contributed by atoms with Crippen LogP contribution < -0.4 is 5.73 Å². The summed E-state index contributed by atoms with van der Waals surface area (Å²) in [6, 6.07) is 0.359. The summed E-state index contributed by atoms with van der Waals surface area (Å²) in [6.45, 7) is 13.1. The molecule has 1 heterocycles. The molecule has 0 amide bonds. The quantitative estimate of drug-likeness (QED) is 0.684. The zero-order valence-corrected chi connectivity index (χ0v) is 18.1. The van der Waals surface area contributed by atoms with Gasteiger partial charge >= 0.3 is 12.1 Å². The number of alkyl halides is 3. The fourth-order valence-electron chi connectivity index (χ4n) is 2.38. The van der Waals surface area contributed by atoms with Crippen molar-refractivity contribution in [1.29, 1.82) is 0 Å². The maximum absolute atomic E-state index is 10.6. The predicted molar refractivity (Wildman–Crippen MR) is 99.1 cm³/mol. The van der Waals surface area contributed by atoms with Gasteiger partial charge in [0.1, 0.15) is 6.10 Å². The molecule has 1 fully saturated rings. The van der Waals surface area contributed by atoms with Crippen LogP contribution in [0.25, 0.3) is 0 Å². The molecule has 1 aromatic rings. The van der Waals surface area contributed by atoms with Crippen molar-refractivity contribution in [2.24, 2.45) is 11.7 Å². The second-order valence-corrected chi connectivity index (χ2v) is 13.4. The van der Waals surface area contributed by atoms with E-state index in [1.165, 1.54) is 0 Å². The molecule has 1 saturated carbocycles. The van der Waals surface area contributed by atoms with E-state index < -0.39 is 20.5 Å². The van der Waals surface area contributed by atoms with Crippen LogP contribution in [0.4, 0.5) is 13.2 Å². The first-order valence-corrected chi connectivity index (χ1v) is 12.0. The van der Waals surface area contributed by atoms with E-state index in [0.717, 1.165) is 19.3 Å². The Morgan fingerprint density at radius 2 is 1.82 bits per heavy atom. The van der Waals surface area contributed by atoms with Gasteiger partial charge in [-0.3, -0.25) is 0 Å². The number of hydrogen-bond donors (Lipinski definition) is 2. The Bertz CT molecular complexity index is 653. The number of rotatable bonds is 5. The molecule has 7 nitrogen and oxygen atoms in total. The second-order valence-electron chi connectivity index (χ2n) is 8.66. The van der Waals surface area contributed by atoms with Crippen LogP contribution >= 0.6 is 0 Å². The molecular weight excluding hydrogens is 395 g/mol. The van der Waals surface area contributed by atoms with E-state index in [9.17, 15) is 13.2 Å². The first-order valence-electron chi connectivity index (χ1n) is 9.08. The van der Waals surface area contributed by atoms with Crippen LogP contribution in [0.2, 0.25) is 18.1 Å². The number of carboxylic acid groups (broad SMARTS) is 1. The largest absolute Gasteiger partial charge is 0.490 e. The molecule has 0 aromatic carbocycles. The third kappa shape index (κ3) is 7.17. The molecule has 0 spiro atoms. The van der Waals surface area contributed by atoms with Crippen LogP contribution in [0.15, 0.2) is 4.42 Å². The van der Waals surface area contributed by atoms with Crippen LogP contribution in [-0.2, 0) is 15.6 Å². The third-order valence-electron chi connectivity index (χ3n) is 5.09. The monoisotopic (exact) mass is 425 g/mol. The van der Waals surface area contributed by atoms with Gasteiger partial charge in [0, 0.05) is 12.5 Å². The molecular formula is C17H30F3N3O4Si. The Balaban J connectivity index is 0.000000480. The Kier molecular flexibility index (Phi) is 7.82.